The summed E-state index contributed by atoms with van der Waals surface area (Å²) in [6.45, 7) is 1.19. The number of benzene rings is 1. The quantitative estimate of drug-likeness (QED) is 0.604. The van der Waals surface area contributed by atoms with Crippen LogP contribution in [-0.2, 0) is 0 Å². The van der Waals surface area contributed by atoms with Crippen molar-refractivity contribution in [2.75, 3.05) is 25.0 Å². The summed E-state index contributed by atoms with van der Waals surface area (Å²) in [4.78, 5) is 11.5. The highest BCUT2D eigenvalue weighted by molar-refractivity contribution is 5.89. The van der Waals surface area contributed by atoms with Crippen LogP contribution in [0.2, 0.25) is 0 Å². The molecule has 0 spiro atoms. The number of hydrogen-bond acceptors (Lipinski definition) is 4. The Morgan fingerprint density at radius 2 is 2.11 bits per heavy atom. The van der Waals surface area contributed by atoms with Crippen molar-refractivity contribution in [2.24, 2.45) is 0 Å². The summed E-state index contributed by atoms with van der Waals surface area (Å²) >= 11 is 0. The van der Waals surface area contributed by atoms with Crippen molar-refractivity contribution in [3.05, 3.63) is 29.8 Å². The molecule has 6 nitrogen and oxygen atoms in total. The van der Waals surface area contributed by atoms with Crippen molar-refractivity contribution in [3.8, 4) is 6.07 Å². The predicted molar refractivity (Wildman–Crippen MR) is 66.0 cm³/mol. The average Bonchev–Trinajstić information content (AvgIpc) is 2.35. The van der Waals surface area contributed by atoms with Gasteiger partial charge in [0, 0.05) is 18.8 Å². The molecule has 6 heteroatoms. The van der Waals surface area contributed by atoms with Crippen molar-refractivity contribution in [1.82, 2.24) is 10.6 Å². The van der Waals surface area contributed by atoms with Crippen molar-refractivity contribution in [2.45, 2.75) is 5.60 Å². The third kappa shape index (κ3) is 2.97. The van der Waals surface area contributed by atoms with E-state index in [1.807, 2.05) is 6.07 Å². The second-order valence-electron chi connectivity index (χ2n) is 4.32. The molecule has 0 aromatic heterocycles. The van der Waals surface area contributed by atoms with Gasteiger partial charge >= 0.3 is 6.03 Å². The molecule has 0 unspecified atom stereocenters. The molecule has 4 N–H and O–H groups in total. The highest BCUT2D eigenvalue weighted by Gasteiger charge is 2.34. The summed E-state index contributed by atoms with van der Waals surface area (Å²) in [5.41, 5.74) is 0.309. The molecule has 1 aliphatic heterocycles. The number of carbonyl (C=O) groups is 1. The summed E-state index contributed by atoms with van der Waals surface area (Å²) in [5.74, 6) is 0. The minimum Gasteiger partial charge on any atom is -0.385 e. The summed E-state index contributed by atoms with van der Waals surface area (Å²) in [6.07, 6.45) is 0. The zero-order chi connectivity index (χ0) is 13.0. The van der Waals surface area contributed by atoms with Crippen LogP contribution in [0.3, 0.4) is 0 Å². The molecule has 2 rings (SSSR count). The van der Waals surface area contributed by atoms with E-state index in [0.29, 0.717) is 24.3 Å². The molecule has 0 saturated carbocycles. The Morgan fingerprint density at radius 3 is 2.61 bits per heavy atom. The van der Waals surface area contributed by atoms with Crippen LogP contribution in [0.5, 0.6) is 0 Å². The number of hydrogen-bond donors (Lipinski definition) is 4. The largest absolute Gasteiger partial charge is 0.385 e. The number of carbonyl (C=O) groups excluding carboxylic acids is 1. The first-order valence-electron chi connectivity index (χ1n) is 5.59. The van der Waals surface area contributed by atoms with E-state index in [2.05, 4.69) is 16.0 Å². The Bertz CT molecular complexity index is 474. The molecule has 0 bridgehead atoms. The topological polar surface area (TPSA) is 97.2 Å². The molecule has 94 valence electrons. The van der Waals surface area contributed by atoms with Crippen molar-refractivity contribution < 1.29 is 9.90 Å². The van der Waals surface area contributed by atoms with Crippen molar-refractivity contribution >= 4 is 11.7 Å². The van der Waals surface area contributed by atoms with Gasteiger partial charge < -0.3 is 21.1 Å². The van der Waals surface area contributed by atoms with Gasteiger partial charge in [0.2, 0.25) is 0 Å². The van der Waals surface area contributed by atoms with Crippen LogP contribution in [0.4, 0.5) is 10.5 Å². The highest BCUT2D eigenvalue weighted by Crippen LogP contribution is 2.10. The first-order chi connectivity index (χ1) is 8.61. The van der Waals surface area contributed by atoms with Gasteiger partial charge in [-0.25, -0.2) is 4.79 Å². The van der Waals surface area contributed by atoms with Gasteiger partial charge in [-0.15, -0.1) is 0 Å². The van der Waals surface area contributed by atoms with E-state index in [1.54, 1.807) is 24.3 Å². The molecule has 1 aromatic rings. The van der Waals surface area contributed by atoms with Crippen LogP contribution in [0, 0.1) is 11.3 Å². The van der Waals surface area contributed by atoms with E-state index in [4.69, 9.17) is 5.26 Å². The van der Waals surface area contributed by atoms with E-state index >= 15 is 0 Å². The maximum absolute atomic E-state index is 11.5. The lowest BCUT2D eigenvalue weighted by Crippen LogP contribution is -2.64. The lowest BCUT2D eigenvalue weighted by molar-refractivity contribution is -0.00575. The molecule has 0 atom stereocenters. The van der Waals surface area contributed by atoms with E-state index in [9.17, 15) is 9.90 Å². The van der Waals surface area contributed by atoms with Gasteiger partial charge in [0.15, 0.2) is 0 Å². The Labute approximate surface area is 105 Å². The van der Waals surface area contributed by atoms with Gasteiger partial charge in [-0.1, -0.05) is 0 Å². The van der Waals surface area contributed by atoms with E-state index in [1.165, 1.54) is 0 Å². The van der Waals surface area contributed by atoms with Crippen LogP contribution in [0.1, 0.15) is 5.56 Å². The van der Waals surface area contributed by atoms with Gasteiger partial charge in [0.25, 0.3) is 0 Å². The minimum atomic E-state index is -0.831. The molecule has 0 radical (unpaired) electrons. The number of aliphatic hydroxyl groups is 1. The molecule has 0 aliphatic carbocycles. The molecule has 2 amide bonds. The summed E-state index contributed by atoms with van der Waals surface area (Å²) in [6, 6.07) is 8.17. The third-order valence-electron chi connectivity index (χ3n) is 2.76. The molecule has 1 heterocycles. The number of urea groups is 1. The zero-order valence-electron chi connectivity index (χ0n) is 9.73. The normalized spacial score (nSPS) is 16.2. The number of anilines is 1. The molecular formula is C12H14N4O2. The van der Waals surface area contributed by atoms with E-state index in [-0.39, 0.29) is 12.6 Å². The molecule has 18 heavy (non-hydrogen) atoms. The SMILES string of the molecule is N#Cc1ccc(NC(=O)NCC2(O)CNC2)cc1. The fourth-order valence-electron chi connectivity index (χ4n) is 1.59. The number of rotatable bonds is 3. The Kier molecular flexibility index (Phi) is 3.46. The zero-order valence-corrected chi connectivity index (χ0v) is 9.73. The van der Waals surface area contributed by atoms with Gasteiger partial charge in [-0.05, 0) is 24.3 Å². The number of nitrogens with one attached hydrogen (secondary N) is 3. The Balaban J connectivity index is 1.81. The van der Waals surface area contributed by atoms with Gasteiger partial charge in [0.05, 0.1) is 18.2 Å². The van der Waals surface area contributed by atoms with Crippen LogP contribution in [-0.4, -0.2) is 36.4 Å². The molecular weight excluding hydrogens is 232 g/mol. The van der Waals surface area contributed by atoms with Crippen LogP contribution >= 0.6 is 0 Å². The fraction of sp³-hybridized carbons (Fsp3) is 0.333. The van der Waals surface area contributed by atoms with Crippen LogP contribution in [0.15, 0.2) is 24.3 Å². The smallest absolute Gasteiger partial charge is 0.319 e. The van der Waals surface area contributed by atoms with Crippen molar-refractivity contribution in [3.63, 3.8) is 0 Å². The van der Waals surface area contributed by atoms with Crippen LogP contribution in [0.25, 0.3) is 0 Å². The first kappa shape index (κ1) is 12.4. The standard InChI is InChI=1S/C12H14N4O2/c13-5-9-1-3-10(4-2-9)16-11(17)15-8-12(18)6-14-7-12/h1-4,14,18H,6-8H2,(H2,15,16,17). The summed E-state index contributed by atoms with van der Waals surface area (Å²) < 4.78 is 0. The summed E-state index contributed by atoms with van der Waals surface area (Å²) in [7, 11) is 0. The average molecular weight is 246 g/mol. The monoisotopic (exact) mass is 246 g/mol. The first-order valence-corrected chi connectivity index (χ1v) is 5.59. The highest BCUT2D eigenvalue weighted by atomic mass is 16.3. The third-order valence-corrected chi connectivity index (χ3v) is 2.76. The maximum atomic E-state index is 11.5. The number of nitrogens with zero attached hydrogens (tertiary/aromatic N) is 1. The number of β-amino-alcohol motifs (C(OH)–C–C–N with tert-alkyl or cyclic N) is 1. The van der Waals surface area contributed by atoms with Crippen LogP contribution < -0.4 is 16.0 Å². The van der Waals surface area contributed by atoms with E-state index in [0.717, 1.165) is 0 Å². The molecule has 1 saturated heterocycles. The second kappa shape index (κ2) is 5.04. The predicted octanol–water partition coefficient (Wildman–Crippen LogP) is 0.0141. The second-order valence-corrected chi connectivity index (χ2v) is 4.32. The maximum Gasteiger partial charge on any atom is 0.319 e. The molecule has 1 fully saturated rings. The van der Waals surface area contributed by atoms with Gasteiger partial charge in [0.1, 0.15) is 5.60 Å². The molecule has 1 aliphatic rings. The lowest BCUT2D eigenvalue weighted by Gasteiger charge is -2.37. The Morgan fingerprint density at radius 1 is 1.44 bits per heavy atom. The molecule has 1 aromatic carbocycles. The lowest BCUT2D eigenvalue weighted by atomic mass is 9.98. The van der Waals surface area contributed by atoms with Gasteiger partial charge in [-0.3, -0.25) is 0 Å². The number of nitriles is 1. The minimum absolute atomic E-state index is 0.210. The number of amides is 2. The summed E-state index contributed by atoms with van der Waals surface area (Å²) in [5, 5.41) is 26.5. The Hall–Kier alpha value is -2.10. The van der Waals surface area contributed by atoms with Crippen molar-refractivity contribution in [1.29, 1.82) is 5.26 Å². The fourth-order valence-corrected chi connectivity index (χ4v) is 1.59. The van der Waals surface area contributed by atoms with E-state index < -0.39 is 5.60 Å². The van der Waals surface area contributed by atoms with Gasteiger partial charge in [-0.2, -0.15) is 5.26 Å².